The summed E-state index contributed by atoms with van der Waals surface area (Å²) in [4.78, 5) is 18.1. The van der Waals surface area contributed by atoms with Gasteiger partial charge in [0.2, 0.25) is 0 Å². The SMILES string of the molecule is CCOC(=O)c1c(/C(C#N)=C(\O)CSc2ccc(Cl)cc2)nc2ccccc2c1C. The van der Waals surface area contributed by atoms with Gasteiger partial charge in [-0.25, -0.2) is 9.78 Å². The fourth-order valence-electron chi connectivity index (χ4n) is 3.02. The molecule has 0 unspecified atom stereocenters. The van der Waals surface area contributed by atoms with Crippen LogP contribution in [-0.4, -0.2) is 28.4 Å². The Balaban J connectivity index is 2.09. The van der Waals surface area contributed by atoms with E-state index in [2.05, 4.69) is 4.98 Å². The molecule has 0 aliphatic heterocycles. The van der Waals surface area contributed by atoms with E-state index in [1.54, 1.807) is 32.0 Å². The molecule has 0 saturated heterocycles. The Labute approximate surface area is 184 Å². The fourth-order valence-corrected chi connectivity index (χ4v) is 3.92. The van der Waals surface area contributed by atoms with Crippen molar-refractivity contribution in [2.45, 2.75) is 18.7 Å². The maximum Gasteiger partial charge on any atom is 0.340 e. The quantitative estimate of drug-likeness (QED) is 0.221. The number of thioether (sulfide) groups is 1. The zero-order valence-corrected chi connectivity index (χ0v) is 18.0. The number of nitriles is 1. The van der Waals surface area contributed by atoms with Crippen LogP contribution >= 0.6 is 23.4 Å². The van der Waals surface area contributed by atoms with Gasteiger partial charge >= 0.3 is 5.97 Å². The third-order valence-electron chi connectivity index (χ3n) is 4.46. The maximum atomic E-state index is 12.7. The van der Waals surface area contributed by atoms with Gasteiger partial charge in [-0.3, -0.25) is 0 Å². The van der Waals surface area contributed by atoms with E-state index in [4.69, 9.17) is 16.3 Å². The van der Waals surface area contributed by atoms with Crippen molar-refractivity contribution in [1.82, 2.24) is 4.98 Å². The van der Waals surface area contributed by atoms with Crippen LogP contribution in [0.4, 0.5) is 0 Å². The molecule has 3 rings (SSSR count). The zero-order chi connectivity index (χ0) is 21.7. The second-order valence-electron chi connectivity index (χ2n) is 6.37. The highest BCUT2D eigenvalue weighted by Crippen LogP contribution is 2.30. The number of fused-ring (bicyclic) bond motifs is 1. The lowest BCUT2D eigenvalue weighted by molar-refractivity contribution is 0.0525. The minimum atomic E-state index is -0.575. The van der Waals surface area contributed by atoms with Crippen LogP contribution in [0.1, 0.15) is 28.5 Å². The number of carbonyl (C=O) groups excluding carboxylic acids is 1. The number of pyridine rings is 1. The minimum Gasteiger partial charge on any atom is -0.510 e. The first-order valence-corrected chi connectivity index (χ1v) is 10.6. The van der Waals surface area contributed by atoms with Gasteiger partial charge in [0, 0.05) is 15.3 Å². The number of halogens is 1. The molecule has 0 spiro atoms. The first-order chi connectivity index (χ1) is 14.5. The normalized spacial score (nSPS) is 11.7. The average molecular weight is 439 g/mol. The summed E-state index contributed by atoms with van der Waals surface area (Å²) in [6.07, 6.45) is 0. The standard InChI is InChI=1S/C23H19ClN2O3S/c1-3-29-23(28)21-14(2)17-6-4-5-7-19(17)26-22(21)18(12-25)20(27)13-30-16-10-8-15(24)9-11-16/h4-11,27H,3,13H2,1-2H3/b20-18-. The molecule has 1 N–H and O–H groups in total. The number of nitrogens with zero attached hydrogens (tertiary/aromatic N) is 2. The van der Waals surface area contributed by atoms with E-state index in [9.17, 15) is 15.2 Å². The maximum absolute atomic E-state index is 12.7. The molecule has 0 bridgehead atoms. The van der Waals surface area contributed by atoms with Crippen molar-refractivity contribution in [3.63, 3.8) is 0 Å². The van der Waals surface area contributed by atoms with Gasteiger partial charge in [0.25, 0.3) is 0 Å². The number of benzene rings is 2. The molecule has 0 aliphatic rings. The predicted octanol–water partition coefficient (Wildman–Crippen LogP) is 5.96. The topological polar surface area (TPSA) is 83.2 Å². The molecule has 0 fully saturated rings. The first-order valence-electron chi connectivity index (χ1n) is 9.23. The van der Waals surface area contributed by atoms with E-state index in [1.807, 2.05) is 36.4 Å². The van der Waals surface area contributed by atoms with Crippen LogP contribution in [0, 0.1) is 18.3 Å². The van der Waals surface area contributed by atoms with Gasteiger partial charge in [-0.1, -0.05) is 29.8 Å². The molecule has 5 nitrogen and oxygen atoms in total. The zero-order valence-electron chi connectivity index (χ0n) is 16.5. The molecule has 3 aromatic rings. The summed E-state index contributed by atoms with van der Waals surface area (Å²) in [7, 11) is 0. The number of allylic oxidation sites excluding steroid dienone is 1. The Morgan fingerprint density at radius 3 is 2.60 bits per heavy atom. The Morgan fingerprint density at radius 1 is 1.23 bits per heavy atom. The average Bonchev–Trinajstić information content (AvgIpc) is 2.74. The Bertz CT molecular complexity index is 1170. The molecule has 0 aliphatic carbocycles. The summed E-state index contributed by atoms with van der Waals surface area (Å²) in [5.74, 6) is -0.597. The van der Waals surface area contributed by atoms with Crippen molar-refractivity contribution in [1.29, 1.82) is 5.26 Å². The predicted molar refractivity (Wildman–Crippen MR) is 120 cm³/mol. The molecule has 0 radical (unpaired) electrons. The Morgan fingerprint density at radius 2 is 1.93 bits per heavy atom. The highest BCUT2D eigenvalue weighted by Gasteiger charge is 2.24. The van der Waals surface area contributed by atoms with Gasteiger partial charge in [0.1, 0.15) is 17.4 Å². The number of rotatable bonds is 6. The summed E-state index contributed by atoms with van der Waals surface area (Å²) in [5.41, 5.74) is 1.55. The third kappa shape index (κ3) is 4.59. The number of ether oxygens (including phenoxy) is 1. The van der Waals surface area contributed by atoms with Crippen molar-refractivity contribution in [2.75, 3.05) is 12.4 Å². The lowest BCUT2D eigenvalue weighted by Crippen LogP contribution is -2.13. The van der Waals surface area contributed by atoms with Crippen LogP contribution in [-0.2, 0) is 4.74 Å². The van der Waals surface area contributed by atoms with Crippen LogP contribution in [0.2, 0.25) is 5.02 Å². The van der Waals surface area contributed by atoms with E-state index in [-0.39, 0.29) is 34.9 Å². The molecular weight excluding hydrogens is 420 g/mol. The number of aliphatic hydroxyl groups excluding tert-OH is 1. The lowest BCUT2D eigenvalue weighted by atomic mass is 9.97. The Hall–Kier alpha value is -3.01. The molecule has 30 heavy (non-hydrogen) atoms. The van der Waals surface area contributed by atoms with E-state index in [1.165, 1.54) is 11.8 Å². The molecule has 1 heterocycles. The van der Waals surface area contributed by atoms with Gasteiger partial charge < -0.3 is 9.84 Å². The van der Waals surface area contributed by atoms with Crippen molar-refractivity contribution in [3.05, 3.63) is 76.1 Å². The molecule has 1 aromatic heterocycles. The minimum absolute atomic E-state index is 0.0478. The molecule has 0 saturated carbocycles. The summed E-state index contributed by atoms with van der Waals surface area (Å²) in [6.45, 7) is 3.69. The van der Waals surface area contributed by atoms with Crippen LogP contribution in [0.5, 0.6) is 0 Å². The summed E-state index contributed by atoms with van der Waals surface area (Å²) in [6, 6.07) is 16.5. The van der Waals surface area contributed by atoms with E-state index >= 15 is 0 Å². The third-order valence-corrected chi connectivity index (χ3v) is 5.73. The van der Waals surface area contributed by atoms with Gasteiger partial charge in [0.15, 0.2) is 0 Å². The number of para-hydroxylation sites is 1. The van der Waals surface area contributed by atoms with Crippen LogP contribution in [0.25, 0.3) is 16.5 Å². The number of hydrogen-bond donors (Lipinski definition) is 1. The van der Waals surface area contributed by atoms with Crippen molar-refractivity contribution < 1.29 is 14.6 Å². The molecular formula is C23H19ClN2O3S. The Kier molecular flexibility index (Phi) is 6.99. The van der Waals surface area contributed by atoms with Crippen LogP contribution in [0.15, 0.2) is 59.2 Å². The second-order valence-corrected chi connectivity index (χ2v) is 7.86. The van der Waals surface area contributed by atoms with E-state index in [0.717, 1.165) is 10.3 Å². The highest BCUT2D eigenvalue weighted by atomic mass is 35.5. The van der Waals surface area contributed by atoms with Crippen LogP contribution < -0.4 is 0 Å². The summed E-state index contributed by atoms with van der Waals surface area (Å²) >= 11 is 7.25. The van der Waals surface area contributed by atoms with Gasteiger partial charge in [0.05, 0.1) is 29.1 Å². The lowest BCUT2D eigenvalue weighted by Gasteiger charge is -2.14. The van der Waals surface area contributed by atoms with E-state index in [0.29, 0.717) is 16.1 Å². The molecule has 2 aromatic carbocycles. The molecule has 152 valence electrons. The monoisotopic (exact) mass is 438 g/mol. The summed E-state index contributed by atoms with van der Waals surface area (Å²) < 4.78 is 5.20. The smallest absolute Gasteiger partial charge is 0.340 e. The molecule has 7 heteroatoms. The van der Waals surface area contributed by atoms with Crippen molar-refractivity contribution in [2.24, 2.45) is 0 Å². The van der Waals surface area contributed by atoms with Gasteiger partial charge in [-0.15, -0.1) is 11.8 Å². The number of aryl methyl sites for hydroxylation is 1. The fraction of sp³-hybridized carbons (Fsp3) is 0.174. The second kappa shape index (κ2) is 9.66. The number of aliphatic hydroxyl groups is 1. The largest absolute Gasteiger partial charge is 0.510 e. The summed E-state index contributed by atoms with van der Waals surface area (Å²) in [5, 5.41) is 21.9. The van der Waals surface area contributed by atoms with Crippen LogP contribution in [0.3, 0.4) is 0 Å². The van der Waals surface area contributed by atoms with Gasteiger partial charge in [-0.2, -0.15) is 5.26 Å². The first kappa shape index (κ1) is 21.7. The van der Waals surface area contributed by atoms with Gasteiger partial charge in [-0.05, 0) is 49.7 Å². The number of hydrogen-bond acceptors (Lipinski definition) is 6. The molecule has 0 atom stereocenters. The van der Waals surface area contributed by atoms with E-state index < -0.39 is 5.97 Å². The van der Waals surface area contributed by atoms with Crippen molar-refractivity contribution >= 4 is 45.8 Å². The highest BCUT2D eigenvalue weighted by molar-refractivity contribution is 7.99. The number of esters is 1. The van der Waals surface area contributed by atoms with Crippen molar-refractivity contribution in [3.8, 4) is 6.07 Å². The number of carbonyl (C=O) groups is 1. The number of aromatic nitrogens is 1. The molecule has 0 amide bonds.